The molecule has 1 aliphatic heterocycles. The molecule has 0 spiro atoms. The summed E-state index contributed by atoms with van der Waals surface area (Å²) in [4.78, 5) is 53.6. The molecule has 1 aliphatic rings. The maximum Gasteiger partial charge on any atom is 0.432 e. The minimum atomic E-state index is -0.860. The van der Waals surface area contributed by atoms with Crippen LogP contribution in [-0.2, 0) is 36.9 Å². The van der Waals surface area contributed by atoms with Crippen LogP contribution >= 0.6 is 0 Å². The van der Waals surface area contributed by atoms with Gasteiger partial charge in [0.1, 0.15) is 6.61 Å². The molecule has 0 bridgehead atoms. The molecule has 0 aromatic heterocycles. The van der Waals surface area contributed by atoms with Crippen LogP contribution < -0.4 is 5.32 Å². The van der Waals surface area contributed by atoms with Crippen molar-refractivity contribution in [2.24, 2.45) is 0 Å². The number of aryl methyl sites for hydroxylation is 1. The third kappa shape index (κ3) is 8.37. The third-order valence-electron chi connectivity index (χ3n) is 5.02. The third-order valence-corrected chi connectivity index (χ3v) is 5.02. The number of rotatable bonds is 12. The lowest BCUT2D eigenvalue weighted by atomic mass is 10.1. The molecule has 0 aliphatic carbocycles. The molecule has 0 atom stereocenters. The monoisotopic (exact) mass is 433 g/mol. The van der Waals surface area contributed by atoms with Gasteiger partial charge in [0.2, 0.25) is 0 Å². The predicted octanol–water partition coefficient (Wildman–Crippen LogP) is 2.18. The van der Waals surface area contributed by atoms with Gasteiger partial charge in [0.15, 0.2) is 0 Å². The number of likely N-dealkylation sites (N-methyl/N-ethyl adjacent to an activating group) is 1. The van der Waals surface area contributed by atoms with E-state index in [1.807, 2.05) is 24.3 Å². The van der Waals surface area contributed by atoms with Gasteiger partial charge in [-0.05, 0) is 37.1 Å². The normalized spacial score (nSPS) is 13.6. The molecular weight excluding hydrogens is 402 g/mol. The van der Waals surface area contributed by atoms with Crippen LogP contribution in [0.3, 0.4) is 0 Å². The van der Waals surface area contributed by atoms with Crippen molar-refractivity contribution in [2.75, 3.05) is 26.2 Å². The van der Waals surface area contributed by atoms with E-state index in [4.69, 9.17) is 9.57 Å². The van der Waals surface area contributed by atoms with Crippen molar-refractivity contribution in [3.05, 3.63) is 35.4 Å². The summed E-state index contributed by atoms with van der Waals surface area (Å²) in [5.74, 6) is -1.24. The molecule has 1 aromatic carbocycles. The van der Waals surface area contributed by atoms with Gasteiger partial charge in [0.05, 0.1) is 0 Å². The zero-order valence-corrected chi connectivity index (χ0v) is 18.2. The van der Waals surface area contributed by atoms with Crippen molar-refractivity contribution in [1.29, 1.82) is 0 Å². The van der Waals surface area contributed by atoms with Gasteiger partial charge in [-0.3, -0.25) is 14.4 Å². The van der Waals surface area contributed by atoms with Crippen LogP contribution in [0.15, 0.2) is 24.3 Å². The molecule has 1 aromatic rings. The predicted molar refractivity (Wildman–Crippen MR) is 113 cm³/mol. The van der Waals surface area contributed by atoms with E-state index in [-0.39, 0.29) is 25.4 Å². The Hall–Kier alpha value is -2.94. The summed E-state index contributed by atoms with van der Waals surface area (Å²) < 4.78 is 5.28. The van der Waals surface area contributed by atoms with E-state index in [0.29, 0.717) is 30.9 Å². The number of imide groups is 1. The summed E-state index contributed by atoms with van der Waals surface area (Å²) in [6.45, 7) is 7.37. The van der Waals surface area contributed by atoms with Gasteiger partial charge in [-0.15, -0.1) is 5.06 Å². The quantitative estimate of drug-likeness (QED) is 0.398. The molecule has 0 unspecified atom stereocenters. The van der Waals surface area contributed by atoms with E-state index in [2.05, 4.69) is 24.1 Å². The van der Waals surface area contributed by atoms with E-state index in [9.17, 15) is 19.2 Å². The van der Waals surface area contributed by atoms with E-state index < -0.39 is 17.9 Å². The first kappa shape index (κ1) is 24.3. The van der Waals surface area contributed by atoms with E-state index >= 15 is 0 Å². The molecular formula is C22H31N3O6. The smallest absolute Gasteiger partial charge is 0.432 e. The maximum absolute atomic E-state index is 11.9. The summed E-state index contributed by atoms with van der Waals surface area (Å²) in [5, 5.41) is 3.03. The molecule has 1 saturated heterocycles. The number of hydroxylamine groups is 2. The van der Waals surface area contributed by atoms with Gasteiger partial charge in [-0.25, -0.2) is 4.79 Å². The van der Waals surface area contributed by atoms with Gasteiger partial charge in [-0.2, -0.15) is 0 Å². The number of nitrogens with zero attached hydrogens (tertiary/aromatic N) is 2. The second-order valence-electron chi connectivity index (χ2n) is 7.24. The molecule has 1 fully saturated rings. The molecule has 1 N–H and O–H groups in total. The second kappa shape index (κ2) is 12.7. The Morgan fingerprint density at radius 3 is 2.45 bits per heavy atom. The van der Waals surface area contributed by atoms with Crippen molar-refractivity contribution in [3.8, 4) is 0 Å². The van der Waals surface area contributed by atoms with Crippen LogP contribution in [0.25, 0.3) is 0 Å². The Morgan fingerprint density at radius 1 is 1.10 bits per heavy atom. The Morgan fingerprint density at radius 2 is 1.77 bits per heavy atom. The molecule has 2 rings (SSSR count). The Labute approximate surface area is 182 Å². The van der Waals surface area contributed by atoms with E-state index in [0.717, 1.165) is 30.8 Å². The fourth-order valence-electron chi connectivity index (χ4n) is 3.18. The fourth-order valence-corrected chi connectivity index (χ4v) is 3.18. The summed E-state index contributed by atoms with van der Waals surface area (Å²) >= 11 is 0. The molecule has 1 heterocycles. The molecule has 170 valence electrons. The van der Waals surface area contributed by atoms with Crippen molar-refractivity contribution in [3.63, 3.8) is 0 Å². The van der Waals surface area contributed by atoms with Crippen LogP contribution in [0.5, 0.6) is 0 Å². The zero-order chi connectivity index (χ0) is 22.6. The average molecular weight is 434 g/mol. The van der Waals surface area contributed by atoms with E-state index in [1.54, 1.807) is 0 Å². The van der Waals surface area contributed by atoms with Crippen molar-refractivity contribution < 1.29 is 28.8 Å². The molecule has 3 amide bonds. The van der Waals surface area contributed by atoms with Gasteiger partial charge in [0, 0.05) is 32.4 Å². The number of amides is 3. The minimum absolute atomic E-state index is 0.0532. The molecule has 9 nitrogen and oxygen atoms in total. The van der Waals surface area contributed by atoms with Crippen LogP contribution in [0, 0.1) is 0 Å². The topological polar surface area (TPSA) is 105 Å². The number of nitrogens with one attached hydrogen (secondary N) is 1. The van der Waals surface area contributed by atoms with Crippen molar-refractivity contribution >= 4 is 23.9 Å². The van der Waals surface area contributed by atoms with Gasteiger partial charge in [0.25, 0.3) is 11.8 Å². The van der Waals surface area contributed by atoms with Crippen molar-refractivity contribution in [2.45, 2.75) is 52.5 Å². The molecule has 9 heteroatoms. The van der Waals surface area contributed by atoms with Crippen LogP contribution in [-0.4, -0.2) is 60.1 Å². The first-order valence-electron chi connectivity index (χ1n) is 10.7. The SMILES string of the molecule is CCN(CC)CCOC(=O)CCCc1cccc(CNC(=O)ON2C(=O)CCC2=O)c1. The molecule has 0 radical (unpaired) electrons. The first-order chi connectivity index (χ1) is 14.9. The van der Waals surface area contributed by atoms with Crippen molar-refractivity contribution in [1.82, 2.24) is 15.3 Å². The Balaban J connectivity index is 1.68. The summed E-state index contributed by atoms with van der Waals surface area (Å²) in [6, 6.07) is 7.60. The van der Waals surface area contributed by atoms with E-state index in [1.165, 1.54) is 0 Å². The number of carbonyl (C=O) groups excluding carboxylic acids is 4. The highest BCUT2D eigenvalue weighted by Gasteiger charge is 2.32. The summed E-state index contributed by atoms with van der Waals surface area (Å²) in [5.41, 5.74) is 1.88. The highest BCUT2D eigenvalue weighted by molar-refractivity contribution is 6.01. The first-order valence-corrected chi connectivity index (χ1v) is 10.7. The average Bonchev–Trinajstić information content (AvgIpc) is 3.07. The van der Waals surface area contributed by atoms with Crippen LogP contribution in [0.4, 0.5) is 4.79 Å². The second-order valence-corrected chi connectivity index (χ2v) is 7.24. The number of hydrogen-bond acceptors (Lipinski definition) is 7. The lowest BCUT2D eigenvalue weighted by Crippen LogP contribution is -2.36. The Kier molecular flexibility index (Phi) is 9.96. The Bertz CT molecular complexity index is 762. The largest absolute Gasteiger partial charge is 0.464 e. The minimum Gasteiger partial charge on any atom is -0.464 e. The highest BCUT2D eigenvalue weighted by Crippen LogP contribution is 2.13. The summed E-state index contributed by atoms with van der Waals surface area (Å²) in [6.07, 6.45) is 0.976. The number of benzene rings is 1. The van der Waals surface area contributed by atoms with Gasteiger partial charge >= 0.3 is 12.1 Å². The van der Waals surface area contributed by atoms with Crippen LogP contribution in [0.2, 0.25) is 0 Å². The number of ether oxygens (including phenoxy) is 1. The lowest BCUT2D eigenvalue weighted by Gasteiger charge is -2.17. The van der Waals surface area contributed by atoms with Gasteiger partial charge < -0.3 is 19.8 Å². The zero-order valence-electron chi connectivity index (χ0n) is 18.2. The van der Waals surface area contributed by atoms with Crippen LogP contribution in [0.1, 0.15) is 50.7 Å². The summed E-state index contributed by atoms with van der Waals surface area (Å²) in [7, 11) is 0. The number of carbonyl (C=O) groups is 4. The molecule has 31 heavy (non-hydrogen) atoms. The molecule has 0 saturated carbocycles. The fraction of sp³-hybridized carbons (Fsp3) is 0.545. The van der Waals surface area contributed by atoms with Gasteiger partial charge in [-0.1, -0.05) is 38.1 Å². The lowest BCUT2D eigenvalue weighted by molar-refractivity contribution is -0.171. The highest BCUT2D eigenvalue weighted by atomic mass is 16.7. The number of esters is 1. The maximum atomic E-state index is 11.9. The number of hydrogen-bond donors (Lipinski definition) is 1. The standard InChI is InChI=1S/C22H31N3O6/c1-3-24(4-2)13-14-30-21(28)10-6-8-17-7-5-9-18(15-17)16-23-22(29)31-25-19(26)11-12-20(25)27/h5,7,9,15H,3-4,6,8,10-14,16H2,1-2H3,(H,23,29).